The molecule has 48 valence electrons. The molecule has 0 saturated heterocycles. The van der Waals surface area contributed by atoms with Crippen molar-refractivity contribution in [1.29, 1.82) is 0 Å². The van der Waals surface area contributed by atoms with E-state index in [9.17, 15) is 0 Å². The maximum Gasteiger partial charge on any atom is 0.118 e. The molecule has 1 aliphatic carbocycles. The van der Waals surface area contributed by atoms with Crippen LogP contribution in [0.25, 0.3) is 0 Å². The molecular weight excluding hydrogens is 155 g/mol. The van der Waals surface area contributed by atoms with E-state index >= 15 is 0 Å². The Labute approximate surface area is 64.5 Å². The third-order valence-corrected chi connectivity index (χ3v) is 1.73. The van der Waals surface area contributed by atoms with E-state index in [0.29, 0.717) is 0 Å². The normalized spacial score (nSPS) is 23.0. The maximum atomic E-state index is 5.55. The second kappa shape index (κ2) is 2.62. The van der Waals surface area contributed by atoms with E-state index < -0.39 is 0 Å². The first-order valence-corrected chi connectivity index (χ1v) is 3.48. The lowest BCUT2D eigenvalue weighted by atomic mass is 10.3. The van der Waals surface area contributed by atoms with Crippen LogP contribution >= 0.6 is 23.2 Å². The first kappa shape index (κ1) is 6.95. The zero-order chi connectivity index (χ0) is 6.85. The molecule has 9 heavy (non-hydrogen) atoms. The van der Waals surface area contributed by atoms with E-state index in [-0.39, 0.29) is 10.8 Å². The number of rotatable bonds is 2. The minimum Gasteiger partial charge on any atom is -0.128 e. The van der Waals surface area contributed by atoms with Gasteiger partial charge in [-0.25, -0.2) is 0 Å². The van der Waals surface area contributed by atoms with Crippen LogP contribution in [0, 0.1) is 5.92 Å². The molecule has 0 N–H and O–H groups in total. The van der Waals surface area contributed by atoms with Crippen molar-refractivity contribution < 1.29 is 0 Å². The topological polar surface area (TPSA) is 0 Å². The average Bonchev–Trinajstić information content (AvgIpc) is 2.47. The summed E-state index contributed by atoms with van der Waals surface area (Å²) in [5.74, 6) is 0.252. The van der Waals surface area contributed by atoms with Crippen LogP contribution in [-0.2, 0) is 0 Å². The molecule has 1 atom stereocenters. The van der Waals surface area contributed by atoms with Gasteiger partial charge in [0.05, 0.1) is 0 Å². The fourth-order valence-corrected chi connectivity index (χ4v) is 1.08. The number of hydrogen-bond donors (Lipinski definition) is 0. The Morgan fingerprint density at radius 1 is 1.78 bits per heavy atom. The van der Waals surface area contributed by atoms with Gasteiger partial charge in [-0.05, 0) is 11.6 Å². The van der Waals surface area contributed by atoms with Crippen molar-refractivity contribution in [3.63, 3.8) is 0 Å². The van der Waals surface area contributed by atoms with Gasteiger partial charge in [0.25, 0.3) is 0 Å². The summed E-state index contributed by atoms with van der Waals surface area (Å²) in [5, 5.41) is 0. The summed E-state index contributed by atoms with van der Waals surface area (Å²) in [5.41, 5.74) is 3.79. The summed E-state index contributed by atoms with van der Waals surface area (Å²) in [6.07, 6.45) is 3.78. The molecule has 0 heterocycles. The van der Waals surface area contributed by atoms with E-state index in [2.05, 4.69) is 12.3 Å². The lowest BCUT2D eigenvalue weighted by Crippen LogP contribution is -1.90. The zero-order valence-corrected chi connectivity index (χ0v) is 6.28. The average molecular weight is 161 g/mol. The predicted octanol–water partition coefficient (Wildman–Crippen LogP) is 2.69. The van der Waals surface area contributed by atoms with Gasteiger partial charge >= 0.3 is 0 Å². The monoisotopic (exact) mass is 160 g/mol. The largest absolute Gasteiger partial charge is 0.128 e. The lowest BCUT2D eigenvalue weighted by Gasteiger charge is -1.93. The highest BCUT2D eigenvalue weighted by Gasteiger charge is 2.28. The van der Waals surface area contributed by atoms with Crippen molar-refractivity contribution in [1.82, 2.24) is 0 Å². The Kier molecular flexibility index (Phi) is 2.02. The van der Waals surface area contributed by atoms with Crippen LogP contribution in [0.3, 0.4) is 0 Å². The summed E-state index contributed by atoms with van der Waals surface area (Å²) >= 11 is 11.1. The van der Waals surface area contributed by atoms with Gasteiger partial charge in [-0.15, -0.1) is 28.9 Å². The molecule has 0 aliphatic heterocycles. The number of halogens is 2. The highest BCUT2D eigenvalue weighted by Crippen LogP contribution is 2.37. The van der Waals surface area contributed by atoms with Gasteiger partial charge in [0.15, 0.2) is 0 Å². The standard InChI is InChI=1S/C7H6Cl2/c1-2-3-5-4-6(5)7(8)9/h3-4,6-7H,1H2. The summed E-state index contributed by atoms with van der Waals surface area (Å²) in [6.45, 7) is 3.43. The number of alkyl halides is 2. The Morgan fingerprint density at radius 2 is 2.44 bits per heavy atom. The molecule has 0 aromatic rings. The van der Waals surface area contributed by atoms with Gasteiger partial charge in [0, 0.05) is 5.92 Å². The molecule has 0 bridgehead atoms. The molecule has 0 aromatic carbocycles. The highest BCUT2D eigenvalue weighted by molar-refractivity contribution is 6.45. The molecule has 2 heteroatoms. The van der Waals surface area contributed by atoms with Crippen LogP contribution in [0.2, 0.25) is 0 Å². The summed E-state index contributed by atoms with van der Waals surface area (Å²) in [7, 11) is 0. The van der Waals surface area contributed by atoms with Crippen molar-refractivity contribution in [2.75, 3.05) is 0 Å². The van der Waals surface area contributed by atoms with E-state index in [1.54, 1.807) is 6.08 Å². The molecule has 0 saturated carbocycles. The lowest BCUT2D eigenvalue weighted by molar-refractivity contribution is 1.00. The van der Waals surface area contributed by atoms with Crippen molar-refractivity contribution >= 4 is 23.2 Å². The van der Waals surface area contributed by atoms with Crippen LogP contribution in [0.5, 0.6) is 0 Å². The predicted molar refractivity (Wildman–Crippen MR) is 40.8 cm³/mol. The van der Waals surface area contributed by atoms with Gasteiger partial charge < -0.3 is 0 Å². The molecule has 0 radical (unpaired) electrons. The first-order valence-electron chi connectivity index (χ1n) is 2.61. The smallest absolute Gasteiger partial charge is 0.118 e. The molecule has 1 unspecified atom stereocenters. The Bertz CT molecular complexity index is 185. The van der Waals surface area contributed by atoms with E-state index in [1.165, 1.54) is 0 Å². The molecule has 1 rings (SSSR count). The SMILES string of the molecule is C=C=CC1=CC1C(Cl)Cl. The molecule has 0 fully saturated rings. The second-order valence-corrected chi connectivity index (χ2v) is 3.04. The Hall–Kier alpha value is -0.160. The van der Waals surface area contributed by atoms with Crippen LogP contribution < -0.4 is 0 Å². The third kappa shape index (κ3) is 1.62. The fraction of sp³-hybridized carbons (Fsp3) is 0.286. The molecule has 0 amide bonds. The Morgan fingerprint density at radius 3 is 2.78 bits per heavy atom. The van der Waals surface area contributed by atoms with Crippen LogP contribution in [-0.4, -0.2) is 4.84 Å². The zero-order valence-electron chi connectivity index (χ0n) is 4.77. The van der Waals surface area contributed by atoms with Gasteiger partial charge in [-0.3, -0.25) is 0 Å². The Balaban J connectivity index is 2.39. The molecule has 0 aromatic heterocycles. The van der Waals surface area contributed by atoms with Crippen LogP contribution in [0.4, 0.5) is 0 Å². The molecular formula is C7H6Cl2. The van der Waals surface area contributed by atoms with Crippen molar-refractivity contribution in [2.24, 2.45) is 5.92 Å². The van der Waals surface area contributed by atoms with Crippen molar-refractivity contribution in [3.05, 3.63) is 30.0 Å². The van der Waals surface area contributed by atoms with Crippen molar-refractivity contribution in [3.8, 4) is 0 Å². The first-order chi connectivity index (χ1) is 4.25. The molecule has 0 spiro atoms. The molecule has 0 nitrogen and oxygen atoms in total. The molecule has 1 aliphatic rings. The fourth-order valence-electron chi connectivity index (χ4n) is 0.640. The number of hydrogen-bond acceptors (Lipinski definition) is 0. The third-order valence-electron chi connectivity index (χ3n) is 1.19. The minimum absolute atomic E-state index is 0.252. The van der Waals surface area contributed by atoms with Gasteiger partial charge in [-0.2, -0.15) is 0 Å². The second-order valence-electron chi connectivity index (χ2n) is 1.88. The van der Waals surface area contributed by atoms with E-state index in [0.717, 1.165) is 5.57 Å². The summed E-state index contributed by atoms with van der Waals surface area (Å²) in [6, 6.07) is 0. The van der Waals surface area contributed by atoms with E-state index in [4.69, 9.17) is 23.2 Å². The van der Waals surface area contributed by atoms with Gasteiger partial charge in [-0.1, -0.05) is 12.7 Å². The maximum absolute atomic E-state index is 5.55. The quantitative estimate of drug-likeness (QED) is 0.431. The number of allylic oxidation sites excluding steroid dienone is 3. The van der Waals surface area contributed by atoms with Crippen molar-refractivity contribution in [2.45, 2.75) is 4.84 Å². The summed E-state index contributed by atoms with van der Waals surface area (Å²) < 4.78 is 0. The van der Waals surface area contributed by atoms with Crippen LogP contribution in [0.15, 0.2) is 30.0 Å². The highest BCUT2D eigenvalue weighted by atomic mass is 35.5. The summed E-state index contributed by atoms with van der Waals surface area (Å²) in [4.78, 5) is -0.301. The van der Waals surface area contributed by atoms with Gasteiger partial charge in [0.1, 0.15) is 4.84 Å². The van der Waals surface area contributed by atoms with E-state index in [1.807, 2.05) is 6.08 Å². The van der Waals surface area contributed by atoms with Crippen LogP contribution in [0.1, 0.15) is 0 Å². The minimum atomic E-state index is -0.301. The van der Waals surface area contributed by atoms with Gasteiger partial charge in [0.2, 0.25) is 0 Å².